The van der Waals surface area contributed by atoms with Gasteiger partial charge in [-0.15, -0.1) is 0 Å². The number of hydrogen-bond acceptors (Lipinski definition) is 4. The Balaban J connectivity index is 0.000000257. The molecular weight excluding hydrogens is 258 g/mol. The SMILES string of the molecule is O=C(O)O.O=S1(=O)C=CC=CC1.c1ccncc1. The highest BCUT2D eigenvalue weighted by atomic mass is 32.2. The number of sulfone groups is 1. The maximum Gasteiger partial charge on any atom is 0.503 e. The number of rotatable bonds is 0. The molecule has 0 saturated heterocycles. The highest BCUT2D eigenvalue weighted by Gasteiger charge is 2.02. The number of pyridine rings is 1. The minimum atomic E-state index is -2.85. The van der Waals surface area contributed by atoms with Gasteiger partial charge in [-0.3, -0.25) is 4.98 Å². The molecule has 6 nitrogen and oxygen atoms in total. The molecule has 1 aliphatic heterocycles. The molecule has 0 fully saturated rings. The van der Waals surface area contributed by atoms with Crippen molar-refractivity contribution >= 4 is 16.0 Å². The van der Waals surface area contributed by atoms with Crippen LogP contribution in [0.5, 0.6) is 0 Å². The van der Waals surface area contributed by atoms with Crippen LogP contribution in [0.1, 0.15) is 0 Å². The van der Waals surface area contributed by atoms with Crippen LogP contribution in [-0.2, 0) is 9.84 Å². The second-order valence-electron chi connectivity index (χ2n) is 2.89. The van der Waals surface area contributed by atoms with Gasteiger partial charge in [-0.05, 0) is 12.1 Å². The molecule has 0 atom stereocenters. The highest BCUT2D eigenvalue weighted by molar-refractivity contribution is 7.94. The molecule has 1 aromatic rings. The summed E-state index contributed by atoms with van der Waals surface area (Å²) in [4.78, 5) is 12.3. The van der Waals surface area contributed by atoms with Gasteiger partial charge in [-0.2, -0.15) is 0 Å². The lowest BCUT2D eigenvalue weighted by Crippen LogP contribution is -2.00. The molecule has 7 heteroatoms. The second-order valence-corrected chi connectivity index (χ2v) is 4.82. The fourth-order valence-electron chi connectivity index (χ4n) is 0.801. The van der Waals surface area contributed by atoms with Crippen molar-refractivity contribution in [1.82, 2.24) is 4.98 Å². The first-order valence-corrected chi connectivity index (χ1v) is 6.48. The molecule has 98 valence electrons. The first-order valence-electron chi connectivity index (χ1n) is 4.77. The lowest BCUT2D eigenvalue weighted by atomic mass is 10.5. The predicted molar refractivity (Wildman–Crippen MR) is 67.0 cm³/mol. The summed E-state index contributed by atoms with van der Waals surface area (Å²) in [5, 5.41) is 15.2. The Morgan fingerprint density at radius 2 is 1.61 bits per heavy atom. The molecule has 0 spiro atoms. The molecule has 18 heavy (non-hydrogen) atoms. The van der Waals surface area contributed by atoms with E-state index in [2.05, 4.69) is 4.98 Å². The third-order valence-electron chi connectivity index (χ3n) is 1.43. The molecule has 2 rings (SSSR count). The summed E-state index contributed by atoms with van der Waals surface area (Å²) in [6.07, 6.45) is 6.54. The molecular formula is C11H13NO5S. The largest absolute Gasteiger partial charge is 0.503 e. The Kier molecular flexibility index (Phi) is 7.87. The Labute approximate surface area is 105 Å². The molecule has 0 amide bonds. The van der Waals surface area contributed by atoms with Crippen LogP contribution in [0.3, 0.4) is 0 Å². The number of hydrogen-bond donors (Lipinski definition) is 2. The Morgan fingerprint density at radius 3 is 1.78 bits per heavy atom. The second kappa shape index (κ2) is 8.94. The number of carbonyl (C=O) groups is 1. The number of aromatic nitrogens is 1. The predicted octanol–water partition coefficient (Wildman–Crippen LogP) is 1.79. The highest BCUT2D eigenvalue weighted by Crippen LogP contribution is 1.98. The molecule has 0 radical (unpaired) electrons. The van der Waals surface area contributed by atoms with Crippen molar-refractivity contribution in [1.29, 1.82) is 0 Å². The molecule has 0 saturated carbocycles. The van der Waals surface area contributed by atoms with E-state index < -0.39 is 16.0 Å². The van der Waals surface area contributed by atoms with Crippen molar-refractivity contribution in [3.8, 4) is 0 Å². The summed E-state index contributed by atoms with van der Waals surface area (Å²) >= 11 is 0. The molecule has 2 heterocycles. The Bertz CT molecular complexity index is 463. The lowest BCUT2D eigenvalue weighted by Gasteiger charge is -1.93. The van der Waals surface area contributed by atoms with Gasteiger partial charge < -0.3 is 10.2 Å². The molecule has 1 aliphatic rings. The van der Waals surface area contributed by atoms with Gasteiger partial charge >= 0.3 is 6.16 Å². The van der Waals surface area contributed by atoms with Crippen molar-refractivity contribution in [2.45, 2.75) is 0 Å². The smallest absolute Gasteiger partial charge is 0.450 e. The monoisotopic (exact) mass is 271 g/mol. The maximum atomic E-state index is 10.5. The zero-order valence-electron chi connectivity index (χ0n) is 9.38. The summed E-state index contributed by atoms with van der Waals surface area (Å²) < 4.78 is 21.0. The quantitative estimate of drug-likeness (QED) is 0.745. The van der Waals surface area contributed by atoms with E-state index in [1.54, 1.807) is 24.5 Å². The average Bonchev–Trinajstić information content (AvgIpc) is 2.31. The van der Waals surface area contributed by atoms with E-state index in [4.69, 9.17) is 15.0 Å². The number of allylic oxidation sites excluding steroid dienone is 2. The summed E-state index contributed by atoms with van der Waals surface area (Å²) in [7, 11) is -2.85. The Morgan fingerprint density at radius 1 is 1.06 bits per heavy atom. The van der Waals surface area contributed by atoms with Crippen molar-refractivity contribution in [2.24, 2.45) is 0 Å². The number of nitrogens with zero attached hydrogens (tertiary/aromatic N) is 1. The zero-order chi connectivity index (χ0) is 13.9. The van der Waals surface area contributed by atoms with Crippen molar-refractivity contribution in [3.63, 3.8) is 0 Å². The van der Waals surface area contributed by atoms with Gasteiger partial charge in [0, 0.05) is 17.8 Å². The van der Waals surface area contributed by atoms with Crippen LogP contribution in [0.2, 0.25) is 0 Å². The van der Waals surface area contributed by atoms with E-state index in [9.17, 15) is 8.42 Å². The maximum absolute atomic E-state index is 10.5. The van der Waals surface area contributed by atoms with Crippen LogP contribution >= 0.6 is 0 Å². The summed E-state index contributed by atoms with van der Waals surface area (Å²) in [6, 6.07) is 5.72. The molecule has 0 aliphatic carbocycles. The van der Waals surface area contributed by atoms with Crippen LogP contribution < -0.4 is 0 Å². The molecule has 0 unspecified atom stereocenters. The summed E-state index contributed by atoms with van der Waals surface area (Å²) in [6.45, 7) is 0. The van der Waals surface area contributed by atoms with Crippen LogP contribution in [0.4, 0.5) is 4.79 Å². The third-order valence-corrected chi connectivity index (χ3v) is 2.66. The van der Waals surface area contributed by atoms with E-state index in [1.165, 1.54) is 11.5 Å². The zero-order valence-corrected chi connectivity index (χ0v) is 10.2. The van der Waals surface area contributed by atoms with Gasteiger partial charge in [0.25, 0.3) is 0 Å². The van der Waals surface area contributed by atoms with Crippen LogP contribution in [0, 0.1) is 0 Å². The number of carboxylic acid groups (broad SMARTS) is 2. The van der Waals surface area contributed by atoms with Gasteiger partial charge in [0.05, 0.1) is 5.75 Å². The molecule has 0 bridgehead atoms. The van der Waals surface area contributed by atoms with Gasteiger partial charge in [0.2, 0.25) is 0 Å². The normalized spacial score (nSPS) is 14.4. The lowest BCUT2D eigenvalue weighted by molar-refractivity contribution is 0.137. The van der Waals surface area contributed by atoms with Crippen LogP contribution in [0.25, 0.3) is 0 Å². The van der Waals surface area contributed by atoms with Gasteiger partial charge in [0.1, 0.15) is 0 Å². The standard InChI is InChI=1S/C5H5N.C5H6O2S.CH2O3/c1-2-4-6-5-3-1;6-8(7)4-2-1-3-5-8;2-1(3)4/h1-5H;1-4H,5H2;(H2,2,3,4). The van der Waals surface area contributed by atoms with Gasteiger partial charge in [-0.25, -0.2) is 13.2 Å². The fourth-order valence-corrected chi connectivity index (χ4v) is 1.62. The van der Waals surface area contributed by atoms with Crippen molar-refractivity contribution in [3.05, 3.63) is 54.2 Å². The fraction of sp³-hybridized carbons (Fsp3) is 0.0909. The summed E-state index contributed by atoms with van der Waals surface area (Å²) in [5.41, 5.74) is 0. The van der Waals surface area contributed by atoms with E-state index in [0.717, 1.165) is 0 Å². The molecule has 0 aromatic carbocycles. The third kappa shape index (κ3) is 11.9. The Hall–Kier alpha value is -2.15. The van der Waals surface area contributed by atoms with E-state index in [-0.39, 0.29) is 5.75 Å². The minimum Gasteiger partial charge on any atom is -0.450 e. The van der Waals surface area contributed by atoms with Crippen LogP contribution in [-0.4, -0.2) is 35.5 Å². The van der Waals surface area contributed by atoms with E-state index in [1.807, 2.05) is 18.2 Å². The van der Waals surface area contributed by atoms with E-state index >= 15 is 0 Å². The topological polar surface area (TPSA) is 105 Å². The van der Waals surface area contributed by atoms with Crippen molar-refractivity contribution in [2.75, 3.05) is 5.75 Å². The molecule has 1 aromatic heterocycles. The van der Waals surface area contributed by atoms with Crippen molar-refractivity contribution < 1.29 is 23.4 Å². The summed E-state index contributed by atoms with van der Waals surface area (Å²) in [5.74, 6) is 0.156. The van der Waals surface area contributed by atoms with Gasteiger partial charge in [0.15, 0.2) is 9.84 Å². The van der Waals surface area contributed by atoms with E-state index in [0.29, 0.717) is 0 Å². The molecule has 2 N–H and O–H groups in total. The first-order chi connectivity index (χ1) is 8.44. The van der Waals surface area contributed by atoms with Gasteiger partial charge in [-0.1, -0.05) is 24.3 Å². The minimum absolute atomic E-state index is 0.156. The average molecular weight is 271 g/mol. The first kappa shape index (κ1) is 15.9. The van der Waals surface area contributed by atoms with Crippen LogP contribution in [0.15, 0.2) is 54.2 Å².